The lowest BCUT2D eigenvalue weighted by molar-refractivity contribution is 0.0928. The second-order valence-electron chi connectivity index (χ2n) is 4.76. The third kappa shape index (κ3) is 3.16. The zero-order valence-electron chi connectivity index (χ0n) is 11.3. The van der Waals surface area contributed by atoms with Crippen molar-refractivity contribution in [2.24, 2.45) is 0 Å². The molecule has 1 aromatic heterocycles. The predicted octanol–water partition coefficient (Wildman–Crippen LogP) is 4.17. The molecule has 3 rings (SSSR count). The third-order valence-electron chi connectivity index (χ3n) is 3.26. The van der Waals surface area contributed by atoms with Gasteiger partial charge in [-0.2, -0.15) is 0 Å². The largest absolute Gasteiger partial charge is 0.450 e. The maximum absolute atomic E-state index is 12.1. The second kappa shape index (κ2) is 6.14. The molecule has 0 aliphatic carbocycles. The first-order valence-electron chi connectivity index (χ1n) is 6.74. The van der Waals surface area contributed by atoms with Crippen LogP contribution in [0, 0.1) is 0 Å². The number of carbonyl (C=O) groups excluding carboxylic acids is 1. The van der Waals surface area contributed by atoms with Crippen molar-refractivity contribution in [2.45, 2.75) is 6.42 Å². The van der Waals surface area contributed by atoms with Crippen LogP contribution >= 0.6 is 15.9 Å². The molecule has 0 saturated carbocycles. The predicted molar refractivity (Wildman–Crippen MR) is 86.4 cm³/mol. The maximum Gasteiger partial charge on any atom is 0.287 e. The minimum absolute atomic E-state index is 0.186. The molecule has 1 amide bonds. The van der Waals surface area contributed by atoms with E-state index in [1.165, 1.54) is 5.56 Å². The Morgan fingerprint density at radius 1 is 1.10 bits per heavy atom. The summed E-state index contributed by atoms with van der Waals surface area (Å²) in [4.78, 5) is 12.1. The molecule has 3 nitrogen and oxygen atoms in total. The van der Waals surface area contributed by atoms with Gasteiger partial charge in [0.05, 0.1) is 4.47 Å². The van der Waals surface area contributed by atoms with Gasteiger partial charge < -0.3 is 9.73 Å². The number of nitrogens with one attached hydrogen (secondary N) is 1. The van der Waals surface area contributed by atoms with Crippen LogP contribution in [0.25, 0.3) is 11.0 Å². The summed E-state index contributed by atoms with van der Waals surface area (Å²) in [5, 5.41) is 3.79. The van der Waals surface area contributed by atoms with Gasteiger partial charge in [0.25, 0.3) is 5.91 Å². The van der Waals surface area contributed by atoms with Crippen molar-refractivity contribution in [3.63, 3.8) is 0 Å². The fourth-order valence-corrected chi connectivity index (χ4v) is 2.65. The number of furan rings is 1. The van der Waals surface area contributed by atoms with E-state index in [1.807, 2.05) is 48.5 Å². The molecule has 0 aliphatic rings. The molecule has 0 aliphatic heterocycles. The molecule has 0 unspecified atom stereocenters. The standard InChI is InChI=1S/C17H14BrNO2/c18-14-8-4-7-13-11-15(21-16(13)14)17(20)19-10-9-12-5-2-1-3-6-12/h1-8,11H,9-10H2,(H,19,20). The molecular weight excluding hydrogens is 330 g/mol. The van der Waals surface area contributed by atoms with Crippen molar-refractivity contribution < 1.29 is 9.21 Å². The molecule has 0 atom stereocenters. The number of halogens is 1. The van der Waals surface area contributed by atoms with Crippen LogP contribution in [0.1, 0.15) is 16.1 Å². The van der Waals surface area contributed by atoms with Crippen molar-refractivity contribution in [3.05, 3.63) is 70.4 Å². The van der Waals surface area contributed by atoms with Crippen LogP contribution in [0.5, 0.6) is 0 Å². The first kappa shape index (κ1) is 13.9. The van der Waals surface area contributed by atoms with E-state index in [1.54, 1.807) is 6.07 Å². The first-order chi connectivity index (χ1) is 10.2. The normalized spacial score (nSPS) is 10.7. The number of rotatable bonds is 4. The van der Waals surface area contributed by atoms with E-state index in [0.29, 0.717) is 17.9 Å². The van der Waals surface area contributed by atoms with Gasteiger partial charge in [-0.1, -0.05) is 42.5 Å². The highest BCUT2D eigenvalue weighted by Gasteiger charge is 2.13. The number of fused-ring (bicyclic) bond motifs is 1. The monoisotopic (exact) mass is 343 g/mol. The number of amides is 1. The summed E-state index contributed by atoms with van der Waals surface area (Å²) in [6.45, 7) is 0.584. The van der Waals surface area contributed by atoms with Gasteiger partial charge >= 0.3 is 0 Å². The number of hydrogen-bond acceptors (Lipinski definition) is 2. The lowest BCUT2D eigenvalue weighted by Gasteiger charge is -2.03. The van der Waals surface area contributed by atoms with Crippen molar-refractivity contribution in [1.82, 2.24) is 5.32 Å². The molecule has 2 aromatic carbocycles. The van der Waals surface area contributed by atoms with Crippen molar-refractivity contribution in [2.75, 3.05) is 6.54 Å². The van der Waals surface area contributed by atoms with Crippen LogP contribution in [0.2, 0.25) is 0 Å². The van der Waals surface area contributed by atoms with Gasteiger partial charge in [0.2, 0.25) is 0 Å². The summed E-state index contributed by atoms with van der Waals surface area (Å²) >= 11 is 3.42. The van der Waals surface area contributed by atoms with Crippen LogP contribution < -0.4 is 5.32 Å². The van der Waals surface area contributed by atoms with Crippen LogP contribution in [0.3, 0.4) is 0 Å². The van der Waals surface area contributed by atoms with Gasteiger partial charge in [-0.25, -0.2) is 0 Å². The van der Waals surface area contributed by atoms with Crippen LogP contribution in [0.4, 0.5) is 0 Å². The average Bonchev–Trinajstić information content (AvgIpc) is 2.94. The zero-order chi connectivity index (χ0) is 14.7. The highest BCUT2D eigenvalue weighted by molar-refractivity contribution is 9.10. The summed E-state index contributed by atoms with van der Waals surface area (Å²) in [5.74, 6) is 0.152. The Morgan fingerprint density at radius 3 is 2.67 bits per heavy atom. The average molecular weight is 344 g/mol. The number of hydrogen-bond donors (Lipinski definition) is 1. The SMILES string of the molecule is O=C(NCCc1ccccc1)c1cc2cccc(Br)c2o1. The molecule has 21 heavy (non-hydrogen) atoms. The summed E-state index contributed by atoms with van der Waals surface area (Å²) in [5.41, 5.74) is 1.90. The summed E-state index contributed by atoms with van der Waals surface area (Å²) in [6, 6.07) is 17.6. The molecule has 0 bridgehead atoms. The van der Waals surface area contributed by atoms with E-state index in [9.17, 15) is 4.79 Å². The van der Waals surface area contributed by atoms with Gasteiger partial charge in [0.1, 0.15) is 5.58 Å². The summed E-state index contributed by atoms with van der Waals surface area (Å²) in [7, 11) is 0. The number of para-hydroxylation sites is 1. The van der Waals surface area contributed by atoms with E-state index in [4.69, 9.17) is 4.42 Å². The molecule has 1 heterocycles. The quantitative estimate of drug-likeness (QED) is 0.772. The van der Waals surface area contributed by atoms with Gasteiger partial charge in [0.15, 0.2) is 5.76 Å². The van der Waals surface area contributed by atoms with Gasteiger partial charge in [-0.15, -0.1) is 0 Å². The van der Waals surface area contributed by atoms with E-state index in [-0.39, 0.29) is 5.91 Å². The summed E-state index contributed by atoms with van der Waals surface area (Å²) in [6.07, 6.45) is 0.802. The van der Waals surface area contributed by atoms with Gasteiger partial charge in [-0.3, -0.25) is 4.79 Å². The summed E-state index contributed by atoms with van der Waals surface area (Å²) < 4.78 is 6.45. The van der Waals surface area contributed by atoms with Crippen LogP contribution in [-0.2, 0) is 6.42 Å². The second-order valence-corrected chi connectivity index (χ2v) is 5.61. The number of benzene rings is 2. The first-order valence-corrected chi connectivity index (χ1v) is 7.53. The molecule has 0 saturated heterocycles. The Hall–Kier alpha value is -2.07. The van der Waals surface area contributed by atoms with Crippen molar-refractivity contribution in [1.29, 1.82) is 0 Å². The Labute approximate surface area is 131 Å². The van der Waals surface area contributed by atoms with Gasteiger partial charge in [-0.05, 0) is 40.0 Å². The lowest BCUT2D eigenvalue weighted by atomic mass is 10.1. The Balaban J connectivity index is 1.65. The third-order valence-corrected chi connectivity index (χ3v) is 3.89. The minimum atomic E-state index is -0.186. The molecule has 0 radical (unpaired) electrons. The molecule has 106 valence electrons. The zero-order valence-corrected chi connectivity index (χ0v) is 12.9. The van der Waals surface area contributed by atoms with Crippen LogP contribution in [0.15, 0.2) is 63.5 Å². The molecule has 3 aromatic rings. The number of carbonyl (C=O) groups is 1. The fraction of sp³-hybridized carbons (Fsp3) is 0.118. The van der Waals surface area contributed by atoms with E-state index in [2.05, 4.69) is 21.2 Å². The van der Waals surface area contributed by atoms with Gasteiger partial charge in [0, 0.05) is 11.9 Å². The fourth-order valence-electron chi connectivity index (χ4n) is 2.19. The van der Waals surface area contributed by atoms with Crippen LogP contribution in [-0.4, -0.2) is 12.5 Å². The Bertz CT molecular complexity index is 765. The van der Waals surface area contributed by atoms with Crippen molar-refractivity contribution >= 4 is 32.8 Å². The Kier molecular flexibility index (Phi) is 4.06. The van der Waals surface area contributed by atoms with E-state index in [0.717, 1.165) is 16.3 Å². The highest BCUT2D eigenvalue weighted by Crippen LogP contribution is 2.26. The molecule has 0 fully saturated rings. The van der Waals surface area contributed by atoms with E-state index < -0.39 is 0 Å². The molecular formula is C17H14BrNO2. The lowest BCUT2D eigenvalue weighted by Crippen LogP contribution is -2.25. The molecule has 1 N–H and O–H groups in total. The van der Waals surface area contributed by atoms with E-state index >= 15 is 0 Å². The Morgan fingerprint density at radius 2 is 1.90 bits per heavy atom. The van der Waals surface area contributed by atoms with Crippen molar-refractivity contribution in [3.8, 4) is 0 Å². The smallest absolute Gasteiger partial charge is 0.287 e. The molecule has 0 spiro atoms. The maximum atomic E-state index is 12.1. The topological polar surface area (TPSA) is 42.2 Å². The minimum Gasteiger partial charge on any atom is -0.450 e. The highest BCUT2D eigenvalue weighted by atomic mass is 79.9. The molecule has 4 heteroatoms.